The highest BCUT2D eigenvalue weighted by Gasteiger charge is 2.17. The third-order valence-corrected chi connectivity index (χ3v) is 3.61. The number of para-hydroxylation sites is 2. The van der Waals surface area contributed by atoms with Gasteiger partial charge in [-0.25, -0.2) is 4.98 Å². The fourth-order valence-corrected chi connectivity index (χ4v) is 2.61. The van der Waals surface area contributed by atoms with Gasteiger partial charge >= 0.3 is 0 Å². The summed E-state index contributed by atoms with van der Waals surface area (Å²) in [5, 5.41) is 0. The molecule has 0 aliphatic rings. The number of nitrogens with two attached hydrogens (primary N) is 1. The van der Waals surface area contributed by atoms with Crippen LogP contribution in [0.4, 0.5) is 5.69 Å². The SMILES string of the molecule is COc1ccc(N)c(-c2nc3ccccc3n2C(C)C)c1. The smallest absolute Gasteiger partial charge is 0.143 e. The van der Waals surface area contributed by atoms with Crippen molar-refractivity contribution in [2.75, 3.05) is 12.8 Å². The van der Waals surface area contributed by atoms with Gasteiger partial charge in [-0.1, -0.05) is 12.1 Å². The van der Waals surface area contributed by atoms with E-state index in [0.717, 1.165) is 28.2 Å². The second-order valence-electron chi connectivity index (χ2n) is 5.34. The van der Waals surface area contributed by atoms with E-state index in [-0.39, 0.29) is 6.04 Å². The normalized spacial score (nSPS) is 11.2. The standard InChI is InChI=1S/C17H19N3O/c1-11(2)20-16-7-5-4-6-15(16)19-17(20)13-10-12(21-3)8-9-14(13)18/h4-11H,18H2,1-3H3. The average Bonchev–Trinajstić information content (AvgIpc) is 2.87. The molecule has 3 aromatic rings. The second-order valence-corrected chi connectivity index (χ2v) is 5.34. The first-order chi connectivity index (χ1) is 10.1. The topological polar surface area (TPSA) is 53.1 Å². The molecule has 0 spiro atoms. The van der Waals surface area contributed by atoms with Gasteiger partial charge in [0.05, 0.1) is 18.1 Å². The summed E-state index contributed by atoms with van der Waals surface area (Å²) in [6, 6.07) is 14.1. The first kappa shape index (κ1) is 13.5. The Morgan fingerprint density at radius 3 is 2.62 bits per heavy atom. The van der Waals surface area contributed by atoms with Crippen molar-refractivity contribution in [3.05, 3.63) is 42.5 Å². The molecule has 0 saturated carbocycles. The highest BCUT2D eigenvalue weighted by molar-refractivity contribution is 5.84. The molecule has 0 saturated heterocycles. The minimum atomic E-state index is 0.290. The van der Waals surface area contributed by atoms with Gasteiger partial charge in [-0.15, -0.1) is 0 Å². The Morgan fingerprint density at radius 2 is 1.90 bits per heavy atom. The van der Waals surface area contributed by atoms with Gasteiger partial charge in [-0.2, -0.15) is 0 Å². The molecular weight excluding hydrogens is 262 g/mol. The first-order valence-corrected chi connectivity index (χ1v) is 7.02. The lowest BCUT2D eigenvalue weighted by atomic mass is 10.1. The monoisotopic (exact) mass is 281 g/mol. The van der Waals surface area contributed by atoms with Crippen LogP contribution in [-0.2, 0) is 0 Å². The summed E-state index contributed by atoms with van der Waals surface area (Å²) in [4.78, 5) is 4.77. The van der Waals surface area contributed by atoms with E-state index in [1.54, 1.807) is 7.11 Å². The Bertz CT molecular complexity index is 790. The molecule has 0 aliphatic heterocycles. The molecule has 2 N–H and O–H groups in total. The molecule has 0 radical (unpaired) electrons. The summed E-state index contributed by atoms with van der Waals surface area (Å²) in [6.45, 7) is 4.29. The summed E-state index contributed by atoms with van der Waals surface area (Å²) >= 11 is 0. The van der Waals surface area contributed by atoms with Crippen LogP contribution >= 0.6 is 0 Å². The molecule has 2 aromatic carbocycles. The minimum Gasteiger partial charge on any atom is -0.497 e. The van der Waals surface area contributed by atoms with Crippen molar-refractivity contribution in [2.45, 2.75) is 19.9 Å². The molecule has 1 aromatic heterocycles. The molecule has 4 nitrogen and oxygen atoms in total. The Labute approximate surface area is 124 Å². The van der Waals surface area contributed by atoms with Crippen LogP contribution in [0.2, 0.25) is 0 Å². The highest BCUT2D eigenvalue weighted by Crippen LogP contribution is 2.33. The zero-order chi connectivity index (χ0) is 15.0. The van der Waals surface area contributed by atoms with Crippen LogP contribution in [-0.4, -0.2) is 16.7 Å². The van der Waals surface area contributed by atoms with Crippen LogP contribution in [0.1, 0.15) is 19.9 Å². The fourth-order valence-electron chi connectivity index (χ4n) is 2.61. The van der Waals surface area contributed by atoms with Crippen LogP contribution in [0.25, 0.3) is 22.4 Å². The molecule has 108 valence electrons. The molecule has 4 heteroatoms. The lowest BCUT2D eigenvalue weighted by Crippen LogP contribution is -2.04. The third-order valence-electron chi connectivity index (χ3n) is 3.61. The van der Waals surface area contributed by atoms with Gasteiger partial charge in [0.1, 0.15) is 11.6 Å². The average molecular weight is 281 g/mol. The number of nitrogens with zero attached hydrogens (tertiary/aromatic N) is 2. The number of anilines is 1. The van der Waals surface area contributed by atoms with Gasteiger partial charge in [0, 0.05) is 17.3 Å². The van der Waals surface area contributed by atoms with E-state index in [1.807, 2.05) is 36.4 Å². The zero-order valence-corrected chi connectivity index (χ0v) is 12.5. The Balaban J connectivity index is 2.32. The molecule has 0 unspecified atom stereocenters. The predicted octanol–water partition coefficient (Wildman–Crippen LogP) is 3.88. The van der Waals surface area contributed by atoms with E-state index in [4.69, 9.17) is 15.5 Å². The van der Waals surface area contributed by atoms with Crippen LogP contribution in [0.5, 0.6) is 5.75 Å². The van der Waals surface area contributed by atoms with Crippen LogP contribution in [0.15, 0.2) is 42.5 Å². The van der Waals surface area contributed by atoms with Crippen molar-refractivity contribution < 1.29 is 4.74 Å². The number of aromatic nitrogens is 2. The highest BCUT2D eigenvalue weighted by atomic mass is 16.5. The maximum Gasteiger partial charge on any atom is 0.143 e. The summed E-state index contributed by atoms with van der Waals surface area (Å²) in [7, 11) is 1.65. The number of rotatable bonds is 3. The molecule has 0 amide bonds. The van der Waals surface area contributed by atoms with Crippen LogP contribution < -0.4 is 10.5 Å². The fraction of sp³-hybridized carbons (Fsp3) is 0.235. The van der Waals surface area contributed by atoms with Crippen molar-refractivity contribution >= 4 is 16.7 Å². The number of imidazole rings is 1. The largest absolute Gasteiger partial charge is 0.497 e. The predicted molar refractivity (Wildman–Crippen MR) is 86.5 cm³/mol. The van der Waals surface area contributed by atoms with Gasteiger partial charge in [-0.3, -0.25) is 0 Å². The maximum absolute atomic E-state index is 6.16. The number of nitrogen functional groups attached to an aromatic ring is 1. The number of ether oxygens (including phenoxy) is 1. The third kappa shape index (κ3) is 2.23. The lowest BCUT2D eigenvalue weighted by molar-refractivity contribution is 0.415. The summed E-state index contributed by atoms with van der Waals surface area (Å²) in [6.07, 6.45) is 0. The molecule has 21 heavy (non-hydrogen) atoms. The van der Waals surface area contributed by atoms with E-state index in [1.165, 1.54) is 0 Å². The first-order valence-electron chi connectivity index (χ1n) is 7.02. The zero-order valence-electron chi connectivity index (χ0n) is 12.5. The van der Waals surface area contributed by atoms with Crippen molar-refractivity contribution in [3.8, 4) is 17.1 Å². The van der Waals surface area contributed by atoms with E-state index >= 15 is 0 Å². The number of benzene rings is 2. The Kier molecular flexibility index (Phi) is 3.29. The van der Waals surface area contributed by atoms with E-state index in [0.29, 0.717) is 5.69 Å². The van der Waals surface area contributed by atoms with Crippen LogP contribution in [0.3, 0.4) is 0 Å². The maximum atomic E-state index is 6.16. The summed E-state index contributed by atoms with van der Waals surface area (Å²) in [5.41, 5.74) is 9.85. The van der Waals surface area contributed by atoms with Gasteiger partial charge in [0.2, 0.25) is 0 Å². The second kappa shape index (κ2) is 5.13. The Hall–Kier alpha value is -2.49. The molecule has 1 heterocycles. The summed E-state index contributed by atoms with van der Waals surface area (Å²) < 4.78 is 7.52. The van der Waals surface area contributed by atoms with Crippen molar-refractivity contribution in [1.29, 1.82) is 0 Å². The summed E-state index contributed by atoms with van der Waals surface area (Å²) in [5.74, 6) is 1.66. The van der Waals surface area contributed by atoms with Crippen molar-refractivity contribution in [2.24, 2.45) is 0 Å². The van der Waals surface area contributed by atoms with Crippen molar-refractivity contribution in [3.63, 3.8) is 0 Å². The molecule has 0 bridgehead atoms. The van der Waals surface area contributed by atoms with Crippen LogP contribution in [0, 0.1) is 0 Å². The molecule has 0 atom stereocenters. The molecular formula is C17H19N3O. The van der Waals surface area contributed by atoms with E-state index < -0.39 is 0 Å². The Morgan fingerprint density at radius 1 is 1.14 bits per heavy atom. The number of hydrogen-bond acceptors (Lipinski definition) is 3. The molecule has 3 rings (SSSR count). The number of hydrogen-bond donors (Lipinski definition) is 1. The minimum absolute atomic E-state index is 0.290. The quantitative estimate of drug-likeness (QED) is 0.741. The molecule has 0 aliphatic carbocycles. The van der Waals surface area contributed by atoms with Crippen molar-refractivity contribution in [1.82, 2.24) is 9.55 Å². The van der Waals surface area contributed by atoms with E-state index in [2.05, 4.69) is 24.5 Å². The number of fused-ring (bicyclic) bond motifs is 1. The van der Waals surface area contributed by atoms with Gasteiger partial charge in [0.25, 0.3) is 0 Å². The van der Waals surface area contributed by atoms with Gasteiger partial charge in [-0.05, 0) is 44.2 Å². The molecule has 0 fully saturated rings. The van der Waals surface area contributed by atoms with Gasteiger partial charge in [0.15, 0.2) is 0 Å². The van der Waals surface area contributed by atoms with E-state index in [9.17, 15) is 0 Å². The van der Waals surface area contributed by atoms with Gasteiger partial charge < -0.3 is 15.0 Å². The number of methoxy groups -OCH3 is 1. The lowest BCUT2D eigenvalue weighted by Gasteiger charge is -2.15.